The number of aliphatic hydroxyl groups is 1. The normalized spacial score (nSPS) is 13.2. The van der Waals surface area contributed by atoms with E-state index < -0.39 is 16.9 Å². The summed E-state index contributed by atoms with van der Waals surface area (Å²) >= 11 is 0. The number of benzene rings is 2. The third-order valence-electron chi connectivity index (χ3n) is 5.40. The second-order valence-corrected chi connectivity index (χ2v) is 9.31. The van der Waals surface area contributed by atoms with Crippen LogP contribution in [-0.4, -0.2) is 37.3 Å². The Kier molecular flexibility index (Phi) is 6.87. The van der Waals surface area contributed by atoms with Crippen molar-refractivity contribution in [1.82, 2.24) is 9.55 Å². The molecule has 166 valence electrons. The van der Waals surface area contributed by atoms with Gasteiger partial charge < -0.3 is 19.4 Å². The van der Waals surface area contributed by atoms with Crippen LogP contribution in [0.25, 0.3) is 10.9 Å². The van der Waals surface area contributed by atoms with Crippen LogP contribution in [0.5, 0.6) is 5.75 Å². The van der Waals surface area contributed by atoms with Crippen LogP contribution >= 0.6 is 0 Å². The van der Waals surface area contributed by atoms with Gasteiger partial charge in [-0.05, 0) is 55.0 Å². The average Bonchev–Trinajstić information content (AvgIpc) is 3.15. The molecule has 0 saturated heterocycles. The van der Waals surface area contributed by atoms with Gasteiger partial charge in [-0.2, -0.15) is 0 Å². The van der Waals surface area contributed by atoms with E-state index in [1.54, 1.807) is 18.2 Å². The molecule has 0 bridgehead atoms. The fourth-order valence-corrected chi connectivity index (χ4v) is 4.73. The lowest BCUT2D eigenvalue weighted by Gasteiger charge is -2.16. The number of fused-ring (bicyclic) bond motifs is 1. The van der Waals surface area contributed by atoms with Crippen molar-refractivity contribution in [2.24, 2.45) is 0 Å². The van der Waals surface area contributed by atoms with E-state index in [1.807, 2.05) is 55.6 Å². The van der Waals surface area contributed by atoms with Crippen LogP contribution in [0.3, 0.4) is 0 Å². The first kappa shape index (κ1) is 22.0. The van der Waals surface area contributed by atoms with Crippen molar-refractivity contribution in [3.05, 3.63) is 94.5 Å². The van der Waals surface area contributed by atoms with Crippen molar-refractivity contribution < 1.29 is 14.1 Å². The number of pyridine rings is 1. The number of H-pyrrole nitrogens is 1. The number of ether oxygens (including phenoxy) is 1. The zero-order valence-corrected chi connectivity index (χ0v) is 18.7. The molecule has 2 aromatic carbocycles. The summed E-state index contributed by atoms with van der Waals surface area (Å²) in [6.45, 7) is 2.77. The predicted octanol–water partition coefficient (Wildman–Crippen LogP) is 3.43. The number of aryl methyl sites for hydroxylation is 2. The average molecular weight is 451 g/mol. The molecule has 4 rings (SSSR count). The monoisotopic (exact) mass is 450 g/mol. The maximum Gasteiger partial charge on any atom is 0.248 e. The molecule has 0 amide bonds. The number of hydrogen-bond acceptors (Lipinski definition) is 4. The third-order valence-corrected chi connectivity index (χ3v) is 6.75. The van der Waals surface area contributed by atoms with E-state index in [9.17, 15) is 14.1 Å². The lowest BCUT2D eigenvalue weighted by atomic mass is 10.1. The second kappa shape index (κ2) is 9.97. The molecule has 6 nitrogen and oxygen atoms in total. The lowest BCUT2D eigenvalue weighted by molar-refractivity contribution is 0.106. The molecule has 0 aliphatic carbocycles. The van der Waals surface area contributed by atoms with Gasteiger partial charge in [0, 0.05) is 52.5 Å². The molecule has 0 radical (unpaired) electrons. The number of nitrogens with one attached hydrogen (secondary N) is 1. The van der Waals surface area contributed by atoms with Crippen molar-refractivity contribution in [1.29, 1.82) is 0 Å². The zero-order valence-electron chi connectivity index (χ0n) is 17.9. The highest BCUT2D eigenvalue weighted by molar-refractivity contribution is 7.85. The molecular weight excluding hydrogens is 424 g/mol. The summed E-state index contributed by atoms with van der Waals surface area (Å²) in [5.41, 5.74) is 2.70. The summed E-state index contributed by atoms with van der Waals surface area (Å²) in [6, 6.07) is 20.1. The van der Waals surface area contributed by atoms with Gasteiger partial charge in [0.2, 0.25) is 5.56 Å². The third kappa shape index (κ3) is 5.36. The van der Waals surface area contributed by atoms with Crippen molar-refractivity contribution in [2.75, 3.05) is 12.4 Å². The van der Waals surface area contributed by atoms with Crippen molar-refractivity contribution >= 4 is 21.7 Å². The molecule has 0 aliphatic heterocycles. The molecular formula is C25H26N2O4S. The SMILES string of the molecule is Cc1ccn(CCS(=O)c2ccccc2)c1CC(O)COc1ccc2[nH]c(=O)ccc2c1. The molecule has 0 fully saturated rings. The predicted molar refractivity (Wildman–Crippen MR) is 127 cm³/mol. The number of aliphatic hydroxyl groups excluding tert-OH is 1. The molecule has 0 aliphatic rings. The quantitative estimate of drug-likeness (QED) is 0.409. The second-order valence-electron chi connectivity index (χ2n) is 7.74. The number of aromatic nitrogens is 2. The molecule has 2 N–H and O–H groups in total. The van der Waals surface area contributed by atoms with E-state index in [4.69, 9.17) is 4.74 Å². The van der Waals surface area contributed by atoms with Crippen molar-refractivity contribution in [3.8, 4) is 5.75 Å². The van der Waals surface area contributed by atoms with E-state index in [0.717, 1.165) is 27.1 Å². The molecule has 2 unspecified atom stereocenters. The van der Waals surface area contributed by atoms with E-state index in [-0.39, 0.29) is 12.2 Å². The fourth-order valence-electron chi connectivity index (χ4n) is 3.67. The van der Waals surface area contributed by atoms with Crippen LogP contribution in [0.4, 0.5) is 0 Å². The maximum absolute atomic E-state index is 12.5. The number of aromatic amines is 1. The van der Waals surface area contributed by atoms with Gasteiger partial charge in [0.25, 0.3) is 0 Å². The molecule has 32 heavy (non-hydrogen) atoms. The highest BCUT2D eigenvalue weighted by Crippen LogP contribution is 2.19. The van der Waals surface area contributed by atoms with Gasteiger partial charge in [-0.25, -0.2) is 0 Å². The Bertz CT molecular complexity index is 1280. The lowest BCUT2D eigenvalue weighted by Crippen LogP contribution is -2.23. The van der Waals surface area contributed by atoms with Gasteiger partial charge in [0.05, 0.1) is 16.9 Å². The molecule has 0 saturated carbocycles. The van der Waals surface area contributed by atoms with Crippen LogP contribution in [0.15, 0.2) is 82.6 Å². The van der Waals surface area contributed by atoms with Gasteiger partial charge in [0.15, 0.2) is 0 Å². The first-order valence-corrected chi connectivity index (χ1v) is 11.8. The van der Waals surface area contributed by atoms with Crippen LogP contribution in [0.1, 0.15) is 11.3 Å². The Labute approximate surface area is 188 Å². The van der Waals surface area contributed by atoms with E-state index in [0.29, 0.717) is 24.5 Å². The zero-order chi connectivity index (χ0) is 22.5. The standard InChI is InChI=1S/C25H26N2O4S/c1-18-11-12-27(13-14-32(30)22-5-3-2-4-6-22)24(18)16-20(28)17-31-21-8-9-23-19(15-21)7-10-25(29)26-23/h2-12,15,20,28H,13-14,16-17H2,1H3,(H,26,29). The van der Waals surface area contributed by atoms with Gasteiger partial charge in [-0.3, -0.25) is 9.00 Å². The maximum atomic E-state index is 12.5. The van der Waals surface area contributed by atoms with E-state index >= 15 is 0 Å². The molecule has 7 heteroatoms. The highest BCUT2D eigenvalue weighted by atomic mass is 32.2. The van der Waals surface area contributed by atoms with Gasteiger partial charge in [0.1, 0.15) is 12.4 Å². The van der Waals surface area contributed by atoms with Crippen molar-refractivity contribution in [2.45, 2.75) is 30.9 Å². The summed E-state index contributed by atoms with van der Waals surface area (Å²) in [5.74, 6) is 1.14. The Balaban J connectivity index is 1.35. The Hall–Kier alpha value is -3.16. The number of hydrogen-bond donors (Lipinski definition) is 2. The largest absolute Gasteiger partial charge is 0.491 e. The van der Waals surface area contributed by atoms with Crippen molar-refractivity contribution in [3.63, 3.8) is 0 Å². The molecule has 0 spiro atoms. The van der Waals surface area contributed by atoms with Gasteiger partial charge in [-0.15, -0.1) is 0 Å². The Morgan fingerprint density at radius 3 is 2.72 bits per heavy atom. The summed E-state index contributed by atoms with van der Waals surface area (Å²) < 4.78 is 20.4. The first-order valence-electron chi connectivity index (χ1n) is 10.5. The minimum atomic E-state index is -1.07. The Morgan fingerprint density at radius 2 is 1.91 bits per heavy atom. The minimum absolute atomic E-state index is 0.146. The van der Waals surface area contributed by atoms with Gasteiger partial charge >= 0.3 is 0 Å². The first-order chi connectivity index (χ1) is 15.5. The summed E-state index contributed by atoms with van der Waals surface area (Å²) in [5, 5.41) is 11.5. The van der Waals surface area contributed by atoms with E-state index in [2.05, 4.69) is 9.55 Å². The molecule has 2 aromatic heterocycles. The van der Waals surface area contributed by atoms with Crippen LogP contribution in [0, 0.1) is 6.92 Å². The van der Waals surface area contributed by atoms with Crippen LogP contribution in [-0.2, 0) is 23.8 Å². The minimum Gasteiger partial charge on any atom is -0.491 e. The highest BCUT2D eigenvalue weighted by Gasteiger charge is 2.14. The molecule has 4 aromatic rings. The molecule has 2 atom stereocenters. The fraction of sp³-hybridized carbons (Fsp3) is 0.240. The van der Waals surface area contributed by atoms with Crippen LogP contribution in [0.2, 0.25) is 0 Å². The summed E-state index contributed by atoms with van der Waals surface area (Å²) in [4.78, 5) is 15.0. The Morgan fingerprint density at radius 1 is 1.09 bits per heavy atom. The molecule has 2 heterocycles. The summed E-state index contributed by atoms with van der Waals surface area (Å²) in [6.07, 6.45) is 1.73. The summed E-state index contributed by atoms with van der Waals surface area (Å²) in [7, 11) is -1.07. The number of nitrogens with zero attached hydrogens (tertiary/aromatic N) is 1. The van der Waals surface area contributed by atoms with Gasteiger partial charge in [-0.1, -0.05) is 18.2 Å². The number of rotatable bonds is 9. The van der Waals surface area contributed by atoms with E-state index in [1.165, 1.54) is 6.07 Å². The van der Waals surface area contributed by atoms with Crippen LogP contribution < -0.4 is 10.3 Å². The smallest absolute Gasteiger partial charge is 0.248 e. The topological polar surface area (TPSA) is 84.3 Å².